The van der Waals surface area contributed by atoms with Crippen molar-refractivity contribution in [2.45, 2.75) is 57.0 Å². The van der Waals surface area contributed by atoms with Gasteiger partial charge in [-0.25, -0.2) is 9.59 Å². The highest BCUT2D eigenvalue weighted by atomic mass is 16.4. The van der Waals surface area contributed by atoms with Gasteiger partial charge in [-0.05, 0) is 26.3 Å². The minimum absolute atomic E-state index is 0.217. The zero-order valence-corrected chi connectivity index (χ0v) is 13.1. The number of amides is 2. The van der Waals surface area contributed by atoms with Crippen LogP contribution in [0.25, 0.3) is 0 Å². The number of carbonyl (C=O) groups excluding carboxylic acids is 1. The molecule has 21 heavy (non-hydrogen) atoms. The van der Waals surface area contributed by atoms with E-state index in [1.165, 1.54) is 0 Å². The van der Waals surface area contributed by atoms with Crippen LogP contribution in [0.4, 0.5) is 4.79 Å². The molecule has 1 atom stereocenters. The first-order valence-electron chi connectivity index (χ1n) is 7.99. The van der Waals surface area contributed by atoms with E-state index in [1.807, 2.05) is 0 Å². The molecule has 1 unspecified atom stereocenters. The summed E-state index contributed by atoms with van der Waals surface area (Å²) in [6.45, 7) is 4.29. The summed E-state index contributed by atoms with van der Waals surface area (Å²) >= 11 is 0. The molecule has 0 radical (unpaired) electrons. The molecular formula is C15H27N3O3. The van der Waals surface area contributed by atoms with Gasteiger partial charge in [-0.3, -0.25) is 4.90 Å². The van der Waals surface area contributed by atoms with Gasteiger partial charge in [-0.1, -0.05) is 26.2 Å². The fourth-order valence-electron chi connectivity index (χ4n) is 3.40. The monoisotopic (exact) mass is 297 g/mol. The number of piperazine rings is 1. The summed E-state index contributed by atoms with van der Waals surface area (Å²) < 4.78 is 0. The molecule has 2 aliphatic rings. The van der Waals surface area contributed by atoms with Crippen LogP contribution in [0.3, 0.4) is 0 Å². The smallest absolute Gasteiger partial charge is 0.329 e. The van der Waals surface area contributed by atoms with Crippen LogP contribution in [0.5, 0.6) is 0 Å². The van der Waals surface area contributed by atoms with E-state index < -0.39 is 11.5 Å². The zero-order chi connectivity index (χ0) is 15.5. The third kappa shape index (κ3) is 3.48. The largest absolute Gasteiger partial charge is 0.480 e. The molecule has 2 rings (SSSR count). The molecule has 2 fully saturated rings. The molecule has 2 N–H and O–H groups in total. The summed E-state index contributed by atoms with van der Waals surface area (Å²) in [7, 11) is 2.07. The van der Waals surface area contributed by atoms with E-state index in [-0.39, 0.29) is 6.03 Å². The molecule has 2 amide bonds. The highest BCUT2D eigenvalue weighted by Gasteiger charge is 2.42. The zero-order valence-electron chi connectivity index (χ0n) is 13.1. The lowest BCUT2D eigenvalue weighted by molar-refractivity contribution is -0.146. The van der Waals surface area contributed by atoms with Crippen LogP contribution in [-0.4, -0.2) is 65.2 Å². The van der Waals surface area contributed by atoms with E-state index in [0.717, 1.165) is 32.2 Å². The maximum Gasteiger partial charge on any atom is 0.329 e. The summed E-state index contributed by atoms with van der Waals surface area (Å²) in [4.78, 5) is 28.1. The lowest BCUT2D eigenvalue weighted by atomic mass is 9.82. The van der Waals surface area contributed by atoms with E-state index in [1.54, 1.807) is 4.90 Å². The Hall–Kier alpha value is -1.30. The van der Waals surface area contributed by atoms with Gasteiger partial charge in [-0.15, -0.1) is 0 Å². The number of nitrogens with zero attached hydrogens (tertiary/aromatic N) is 2. The molecular weight excluding hydrogens is 270 g/mol. The first-order chi connectivity index (χ1) is 9.98. The van der Waals surface area contributed by atoms with Crippen molar-refractivity contribution >= 4 is 12.0 Å². The van der Waals surface area contributed by atoms with Crippen LogP contribution in [0.2, 0.25) is 0 Å². The Balaban J connectivity index is 2.00. The van der Waals surface area contributed by atoms with E-state index >= 15 is 0 Å². The summed E-state index contributed by atoms with van der Waals surface area (Å²) in [5.74, 6) is -0.892. The Morgan fingerprint density at radius 1 is 1.24 bits per heavy atom. The van der Waals surface area contributed by atoms with Gasteiger partial charge in [0.2, 0.25) is 0 Å². The lowest BCUT2D eigenvalue weighted by Crippen LogP contribution is -2.62. The van der Waals surface area contributed by atoms with Gasteiger partial charge < -0.3 is 15.3 Å². The van der Waals surface area contributed by atoms with Crippen molar-refractivity contribution in [3.05, 3.63) is 0 Å². The van der Waals surface area contributed by atoms with Crippen molar-refractivity contribution in [1.82, 2.24) is 15.1 Å². The number of rotatable bonds is 3. The van der Waals surface area contributed by atoms with Crippen molar-refractivity contribution in [1.29, 1.82) is 0 Å². The Morgan fingerprint density at radius 3 is 2.48 bits per heavy atom. The van der Waals surface area contributed by atoms with Crippen molar-refractivity contribution in [2.75, 3.05) is 26.7 Å². The Labute approximate surface area is 126 Å². The molecule has 1 heterocycles. The van der Waals surface area contributed by atoms with Crippen molar-refractivity contribution in [2.24, 2.45) is 0 Å². The average molecular weight is 297 g/mol. The van der Waals surface area contributed by atoms with Crippen LogP contribution in [0, 0.1) is 0 Å². The predicted molar refractivity (Wildman–Crippen MR) is 80.3 cm³/mol. The van der Waals surface area contributed by atoms with Crippen LogP contribution in [0.1, 0.15) is 45.4 Å². The molecule has 0 aromatic heterocycles. The Bertz CT molecular complexity index is 394. The minimum Gasteiger partial charge on any atom is -0.480 e. The van der Waals surface area contributed by atoms with Gasteiger partial charge in [0.25, 0.3) is 0 Å². The summed E-state index contributed by atoms with van der Waals surface area (Å²) in [6, 6.07) is 0.141. The molecule has 0 bridgehead atoms. The van der Waals surface area contributed by atoms with Gasteiger partial charge in [0.1, 0.15) is 5.54 Å². The van der Waals surface area contributed by atoms with Crippen LogP contribution < -0.4 is 5.32 Å². The molecule has 1 saturated heterocycles. The normalized spacial score (nSPS) is 26.4. The number of urea groups is 1. The second-order valence-corrected chi connectivity index (χ2v) is 6.37. The lowest BCUT2D eigenvalue weighted by Gasteiger charge is -2.41. The number of hydrogen-bond donors (Lipinski definition) is 2. The third-order valence-corrected chi connectivity index (χ3v) is 5.00. The molecule has 0 aromatic rings. The van der Waals surface area contributed by atoms with Gasteiger partial charge in [0.05, 0.1) is 0 Å². The summed E-state index contributed by atoms with van der Waals surface area (Å²) in [6.07, 6.45) is 4.86. The standard InChI is InChI=1S/C15H27N3O3/c1-3-12-11-18(10-9-17(12)2)14(21)16-15(13(19)20)7-5-4-6-8-15/h12H,3-11H2,1-2H3,(H,16,21)(H,19,20). The molecule has 120 valence electrons. The minimum atomic E-state index is -1.06. The fraction of sp³-hybridized carbons (Fsp3) is 0.867. The third-order valence-electron chi connectivity index (χ3n) is 5.00. The van der Waals surface area contributed by atoms with Gasteiger partial charge >= 0.3 is 12.0 Å². The summed E-state index contributed by atoms with van der Waals surface area (Å²) in [5, 5.41) is 12.4. The second kappa shape index (κ2) is 6.64. The molecule has 0 aromatic carbocycles. The number of nitrogens with one attached hydrogen (secondary N) is 1. The van der Waals surface area contributed by atoms with E-state index in [4.69, 9.17) is 0 Å². The average Bonchev–Trinajstić information content (AvgIpc) is 2.48. The highest BCUT2D eigenvalue weighted by molar-refractivity contribution is 5.86. The number of likely N-dealkylation sites (N-methyl/N-ethyl adjacent to an activating group) is 1. The van der Waals surface area contributed by atoms with Crippen molar-refractivity contribution in [3.8, 4) is 0 Å². The molecule has 6 nitrogen and oxygen atoms in total. The number of carboxylic acids is 1. The Morgan fingerprint density at radius 2 is 1.90 bits per heavy atom. The quantitative estimate of drug-likeness (QED) is 0.828. The summed E-state index contributed by atoms with van der Waals surface area (Å²) in [5.41, 5.74) is -1.06. The van der Waals surface area contributed by atoms with E-state index in [2.05, 4.69) is 24.2 Å². The first kappa shape index (κ1) is 16.1. The van der Waals surface area contributed by atoms with E-state index in [0.29, 0.717) is 32.0 Å². The molecule has 6 heteroatoms. The Kier molecular flexibility index (Phi) is 5.08. The topological polar surface area (TPSA) is 72.9 Å². The molecule has 1 saturated carbocycles. The second-order valence-electron chi connectivity index (χ2n) is 6.37. The van der Waals surface area contributed by atoms with Crippen LogP contribution in [0.15, 0.2) is 0 Å². The number of carboxylic acid groups (broad SMARTS) is 1. The SMILES string of the molecule is CCC1CN(C(=O)NC2(C(=O)O)CCCCC2)CCN1C. The van der Waals surface area contributed by atoms with Crippen molar-refractivity contribution in [3.63, 3.8) is 0 Å². The predicted octanol–water partition coefficient (Wildman–Crippen LogP) is 1.51. The maximum absolute atomic E-state index is 12.5. The first-order valence-corrected chi connectivity index (χ1v) is 7.99. The fourth-order valence-corrected chi connectivity index (χ4v) is 3.40. The molecule has 1 aliphatic carbocycles. The van der Waals surface area contributed by atoms with Crippen LogP contribution in [-0.2, 0) is 4.79 Å². The van der Waals surface area contributed by atoms with Crippen molar-refractivity contribution < 1.29 is 14.7 Å². The van der Waals surface area contributed by atoms with Gasteiger partial charge in [-0.2, -0.15) is 0 Å². The number of aliphatic carboxylic acids is 1. The maximum atomic E-state index is 12.5. The molecule has 1 aliphatic heterocycles. The molecule has 0 spiro atoms. The number of hydrogen-bond acceptors (Lipinski definition) is 3. The van der Waals surface area contributed by atoms with Crippen LogP contribution >= 0.6 is 0 Å². The van der Waals surface area contributed by atoms with Gasteiger partial charge in [0, 0.05) is 25.7 Å². The number of carbonyl (C=O) groups is 2. The van der Waals surface area contributed by atoms with Gasteiger partial charge in [0.15, 0.2) is 0 Å². The highest BCUT2D eigenvalue weighted by Crippen LogP contribution is 2.29. The van der Waals surface area contributed by atoms with E-state index in [9.17, 15) is 14.7 Å².